The van der Waals surface area contributed by atoms with Gasteiger partial charge in [0.05, 0.1) is 0 Å². The molecule has 0 fully saturated rings. The van der Waals surface area contributed by atoms with Crippen LogP contribution in [0.15, 0.2) is 14.6 Å². The number of aryl methyl sites for hydroxylation is 1. The molecule has 0 aliphatic carbocycles. The molecule has 2 aromatic rings. The van der Waals surface area contributed by atoms with Crippen LogP contribution in [0.2, 0.25) is 0 Å². The summed E-state index contributed by atoms with van der Waals surface area (Å²) in [5.74, 6) is 1.08. The maximum absolute atomic E-state index is 12.6. The summed E-state index contributed by atoms with van der Waals surface area (Å²) < 4.78 is 2.55. The van der Waals surface area contributed by atoms with Crippen LogP contribution in [0.5, 0.6) is 0 Å². The highest BCUT2D eigenvalue weighted by Gasteiger charge is 2.19. The first-order chi connectivity index (χ1) is 10.8. The number of aromatic nitrogens is 4. The van der Waals surface area contributed by atoms with Crippen LogP contribution in [-0.4, -0.2) is 24.4 Å². The lowest BCUT2D eigenvalue weighted by molar-refractivity contribution is 0.613. The van der Waals surface area contributed by atoms with E-state index in [1.165, 1.54) is 11.6 Å². The van der Waals surface area contributed by atoms with Crippen molar-refractivity contribution in [1.82, 2.24) is 19.1 Å². The molecule has 0 bridgehead atoms. The van der Waals surface area contributed by atoms with Gasteiger partial charge in [0.25, 0.3) is 5.56 Å². The maximum Gasteiger partial charge on any atom is 0.332 e. The number of hydrogen-bond donors (Lipinski definition) is 0. The molecule has 2 heterocycles. The average Bonchev–Trinajstić information content (AvgIpc) is 2.49. The maximum atomic E-state index is 12.6. The van der Waals surface area contributed by atoms with Crippen LogP contribution in [0, 0.1) is 5.92 Å². The molecule has 0 radical (unpaired) electrons. The zero-order valence-electron chi connectivity index (χ0n) is 14.6. The molecular weight excluding hydrogens is 312 g/mol. The third-order valence-electron chi connectivity index (χ3n) is 3.79. The second-order valence-corrected chi connectivity index (χ2v) is 7.71. The molecule has 1 atom stereocenters. The molecule has 0 aliphatic heterocycles. The highest BCUT2D eigenvalue weighted by atomic mass is 32.2. The minimum Gasteiger partial charge on any atom is -0.280 e. The van der Waals surface area contributed by atoms with E-state index >= 15 is 0 Å². The van der Waals surface area contributed by atoms with E-state index in [0.717, 1.165) is 11.0 Å². The number of hydrogen-bond acceptors (Lipinski definition) is 5. The minimum atomic E-state index is -0.365. The first-order valence-electron chi connectivity index (χ1n) is 7.89. The van der Waals surface area contributed by atoms with E-state index in [2.05, 4.69) is 37.7 Å². The number of thioether (sulfide) groups is 1. The van der Waals surface area contributed by atoms with Gasteiger partial charge in [-0.2, -0.15) is 0 Å². The standard InChI is InChI=1S/C16H24N4O2S/c1-7-10(4)23-14-12-13(17-11(18-14)8-9(2)3)19(5)16(22)20(6)15(12)21/h9-10H,7-8H2,1-6H3/t10-/m0/s1. The van der Waals surface area contributed by atoms with Crippen LogP contribution < -0.4 is 11.2 Å². The Bertz CT molecular complexity index is 839. The predicted molar refractivity (Wildman–Crippen MR) is 94.2 cm³/mol. The molecule has 0 aromatic carbocycles. The van der Waals surface area contributed by atoms with Gasteiger partial charge in [0, 0.05) is 25.8 Å². The van der Waals surface area contributed by atoms with E-state index in [4.69, 9.17) is 0 Å². The molecule has 23 heavy (non-hydrogen) atoms. The fourth-order valence-corrected chi connectivity index (χ4v) is 3.29. The molecule has 7 heteroatoms. The lowest BCUT2D eigenvalue weighted by Gasteiger charge is -2.14. The summed E-state index contributed by atoms with van der Waals surface area (Å²) in [6, 6.07) is 0. The summed E-state index contributed by atoms with van der Waals surface area (Å²) in [4.78, 5) is 33.9. The van der Waals surface area contributed by atoms with E-state index in [1.54, 1.807) is 18.8 Å². The summed E-state index contributed by atoms with van der Waals surface area (Å²) in [7, 11) is 3.14. The van der Waals surface area contributed by atoms with E-state index in [-0.39, 0.29) is 11.2 Å². The zero-order chi connectivity index (χ0) is 17.3. The van der Waals surface area contributed by atoms with Crippen molar-refractivity contribution in [3.8, 4) is 0 Å². The predicted octanol–water partition coefficient (Wildman–Crippen LogP) is 2.12. The van der Waals surface area contributed by atoms with Crippen LogP contribution in [0.4, 0.5) is 0 Å². The fraction of sp³-hybridized carbons (Fsp3) is 0.625. The molecule has 0 amide bonds. The summed E-state index contributed by atoms with van der Waals surface area (Å²) in [5, 5.41) is 1.45. The molecular formula is C16H24N4O2S. The van der Waals surface area contributed by atoms with Gasteiger partial charge in [-0.15, -0.1) is 11.8 Å². The van der Waals surface area contributed by atoms with Gasteiger partial charge in [-0.25, -0.2) is 14.8 Å². The topological polar surface area (TPSA) is 69.8 Å². The molecule has 0 N–H and O–H groups in total. The first kappa shape index (κ1) is 17.7. The lowest BCUT2D eigenvalue weighted by atomic mass is 10.1. The summed E-state index contributed by atoms with van der Waals surface area (Å²) in [6.45, 7) is 8.40. The minimum absolute atomic E-state index is 0.329. The normalized spacial score (nSPS) is 13.0. The van der Waals surface area contributed by atoms with Crippen molar-refractivity contribution in [2.45, 2.75) is 50.8 Å². The van der Waals surface area contributed by atoms with Crippen molar-refractivity contribution in [3.63, 3.8) is 0 Å². The Kier molecular flexibility index (Phi) is 5.29. The third kappa shape index (κ3) is 3.49. The Labute approximate surface area is 140 Å². The van der Waals surface area contributed by atoms with Crippen LogP contribution in [-0.2, 0) is 20.5 Å². The highest BCUT2D eigenvalue weighted by molar-refractivity contribution is 8.00. The average molecular weight is 336 g/mol. The van der Waals surface area contributed by atoms with Gasteiger partial charge in [0.2, 0.25) is 0 Å². The quantitative estimate of drug-likeness (QED) is 0.618. The molecule has 0 saturated heterocycles. The molecule has 2 rings (SSSR count). The Morgan fingerprint density at radius 1 is 1.09 bits per heavy atom. The van der Waals surface area contributed by atoms with Crippen LogP contribution >= 0.6 is 11.8 Å². The molecule has 0 unspecified atom stereocenters. The van der Waals surface area contributed by atoms with Crippen molar-refractivity contribution in [3.05, 3.63) is 26.7 Å². The Morgan fingerprint density at radius 2 is 1.74 bits per heavy atom. The van der Waals surface area contributed by atoms with Crippen LogP contribution in [0.25, 0.3) is 11.0 Å². The van der Waals surface area contributed by atoms with E-state index < -0.39 is 0 Å². The molecule has 126 valence electrons. The highest BCUT2D eigenvalue weighted by Crippen LogP contribution is 2.28. The van der Waals surface area contributed by atoms with Crippen LogP contribution in [0.3, 0.4) is 0 Å². The van der Waals surface area contributed by atoms with Gasteiger partial charge in [-0.1, -0.05) is 27.7 Å². The largest absolute Gasteiger partial charge is 0.332 e. The lowest BCUT2D eigenvalue weighted by Crippen LogP contribution is -2.38. The Balaban J connectivity index is 2.83. The second kappa shape index (κ2) is 6.86. The van der Waals surface area contributed by atoms with Crippen molar-refractivity contribution in [2.75, 3.05) is 0 Å². The third-order valence-corrected chi connectivity index (χ3v) is 5.05. The summed E-state index contributed by atoms with van der Waals surface area (Å²) in [6.07, 6.45) is 1.69. The summed E-state index contributed by atoms with van der Waals surface area (Å²) in [5.41, 5.74) is -0.268. The summed E-state index contributed by atoms with van der Waals surface area (Å²) >= 11 is 1.57. The van der Waals surface area contributed by atoms with Gasteiger partial charge >= 0.3 is 5.69 Å². The SMILES string of the molecule is CC[C@H](C)Sc1nc(CC(C)C)nc2c1c(=O)n(C)c(=O)n2C. The van der Waals surface area contributed by atoms with Gasteiger partial charge in [0.1, 0.15) is 16.2 Å². The van der Waals surface area contributed by atoms with Gasteiger partial charge < -0.3 is 0 Å². The van der Waals surface area contributed by atoms with Crippen molar-refractivity contribution in [2.24, 2.45) is 20.0 Å². The second-order valence-electron chi connectivity index (χ2n) is 6.28. The van der Waals surface area contributed by atoms with Crippen LogP contribution in [0.1, 0.15) is 39.9 Å². The van der Waals surface area contributed by atoms with Gasteiger partial charge in [-0.3, -0.25) is 13.9 Å². The number of fused-ring (bicyclic) bond motifs is 1. The molecule has 6 nitrogen and oxygen atoms in total. The first-order valence-corrected chi connectivity index (χ1v) is 8.77. The van der Waals surface area contributed by atoms with E-state index in [9.17, 15) is 9.59 Å². The zero-order valence-corrected chi connectivity index (χ0v) is 15.4. The Morgan fingerprint density at radius 3 is 2.30 bits per heavy atom. The van der Waals surface area contributed by atoms with Gasteiger partial charge in [-0.05, 0) is 12.3 Å². The Hall–Kier alpha value is -1.63. The molecule has 0 spiro atoms. The van der Waals surface area contributed by atoms with E-state index in [1.807, 2.05) is 0 Å². The molecule has 0 saturated carbocycles. The molecule has 2 aromatic heterocycles. The smallest absolute Gasteiger partial charge is 0.280 e. The molecule has 0 aliphatic rings. The van der Waals surface area contributed by atoms with E-state index in [0.29, 0.717) is 39.5 Å². The van der Waals surface area contributed by atoms with Crippen molar-refractivity contribution >= 4 is 22.8 Å². The number of rotatable bonds is 5. The monoisotopic (exact) mass is 336 g/mol. The van der Waals surface area contributed by atoms with Crippen molar-refractivity contribution < 1.29 is 0 Å². The fourth-order valence-electron chi connectivity index (χ4n) is 2.29. The number of nitrogens with zero attached hydrogens (tertiary/aromatic N) is 4. The van der Waals surface area contributed by atoms with Gasteiger partial charge in [0.15, 0.2) is 5.65 Å². The van der Waals surface area contributed by atoms with Crippen molar-refractivity contribution in [1.29, 1.82) is 0 Å².